The number of halogens is 1. The molecular weight excluding hydrogens is 253 g/mol. The second kappa shape index (κ2) is 4.81. The Morgan fingerprint density at radius 3 is 2.75 bits per heavy atom. The molecule has 0 aliphatic heterocycles. The summed E-state index contributed by atoms with van der Waals surface area (Å²) in [6, 6.07) is 10.5. The number of rotatable bonds is 2. The number of aryl methyl sites for hydroxylation is 1. The number of hydrogen-bond donors (Lipinski definition) is 2. The van der Waals surface area contributed by atoms with Crippen molar-refractivity contribution >= 4 is 27.8 Å². The summed E-state index contributed by atoms with van der Waals surface area (Å²) in [5, 5.41) is 4.89. The highest BCUT2D eigenvalue weighted by Crippen LogP contribution is 2.30. The number of pyridine rings is 1. The highest BCUT2D eigenvalue weighted by Gasteiger charge is 2.07. The third-order valence-corrected chi connectivity index (χ3v) is 3.24. The lowest BCUT2D eigenvalue weighted by atomic mass is 10.1. The van der Waals surface area contributed by atoms with E-state index >= 15 is 0 Å². The van der Waals surface area contributed by atoms with Crippen molar-refractivity contribution in [2.24, 2.45) is 0 Å². The van der Waals surface area contributed by atoms with Gasteiger partial charge in [-0.15, -0.1) is 0 Å². The van der Waals surface area contributed by atoms with Crippen LogP contribution >= 0.6 is 0 Å². The van der Waals surface area contributed by atoms with Crippen LogP contribution in [0.4, 0.5) is 21.5 Å². The molecule has 0 unspecified atom stereocenters. The van der Waals surface area contributed by atoms with Gasteiger partial charge in [0, 0.05) is 34.5 Å². The first-order chi connectivity index (χ1) is 9.65. The van der Waals surface area contributed by atoms with Crippen LogP contribution in [0.25, 0.3) is 10.8 Å². The van der Waals surface area contributed by atoms with Crippen LogP contribution in [-0.2, 0) is 0 Å². The van der Waals surface area contributed by atoms with Gasteiger partial charge in [0.1, 0.15) is 5.82 Å². The molecule has 20 heavy (non-hydrogen) atoms. The standard InChI is InChI=1S/C16H14FN3/c1-10-2-3-13(17)16(8-10)20-15-5-4-14(18)12-9-19-7-6-11(12)15/h2-9,20H,18H2,1H3. The van der Waals surface area contributed by atoms with E-state index in [0.717, 1.165) is 22.0 Å². The maximum Gasteiger partial charge on any atom is 0.146 e. The topological polar surface area (TPSA) is 50.9 Å². The average Bonchev–Trinajstić information content (AvgIpc) is 2.46. The molecule has 1 aromatic heterocycles. The van der Waals surface area contributed by atoms with Crippen LogP contribution in [0.2, 0.25) is 0 Å². The van der Waals surface area contributed by atoms with E-state index in [1.165, 1.54) is 6.07 Å². The van der Waals surface area contributed by atoms with Crippen LogP contribution < -0.4 is 11.1 Å². The van der Waals surface area contributed by atoms with Crippen molar-refractivity contribution in [3.63, 3.8) is 0 Å². The van der Waals surface area contributed by atoms with Gasteiger partial charge in [0.2, 0.25) is 0 Å². The normalized spacial score (nSPS) is 10.7. The van der Waals surface area contributed by atoms with Crippen LogP contribution in [0.15, 0.2) is 48.8 Å². The number of nitrogens with zero attached hydrogens (tertiary/aromatic N) is 1. The monoisotopic (exact) mass is 267 g/mol. The van der Waals surface area contributed by atoms with Gasteiger partial charge in [0.25, 0.3) is 0 Å². The maximum absolute atomic E-state index is 13.8. The zero-order chi connectivity index (χ0) is 14.1. The van der Waals surface area contributed by atoms with E-state index in [1.807, 2.05) is 19.1 Å². The minimum absolute atomic E-state index is 0.283. The molecule has 0 aliphatic rings. The first kappa shape index (κ1) is 12.4. The van der Waals surface area contributed by atoms with Gasteiger partial charge in [-0.05, 0) is 42.8 Å². The summed E-state index contributed by atoms with van der Waals surface area (Å²) in [4.78, 5) is 4.07. The van der Waals surface area contributed by atoms with E-state index in [4.69, 9.17) is 5.73 Å². The van der Waals surface area contributed by atoms with Gasteiger partial charge in [-0.1, -0.05) is 6.07 Å². The van der Waals surface area contributed by atoms with E-state index < -0.39 is 0 Å². The largest absolute Gasteiger partial charge is 0.398 e. The minimum Gasteiger partial charge on any atom is -0.398 e. The number of anilines is 3. The summed E-state index contributed by atoms with van der Waals surface area (Å²) < 4.78 is 13.8. The number of nitrogens with two attached hydrogens (primary N) is 1. The van der Waals surface area contributed by atoms with Gasteiger partial charge in [0.05, 0.1) is 5.69 Å². The molecule has 0 atom stereocenters. The van der Waals surface area contributed by atoms with Crippen molar-refractivity contribution in [1.29, 1.82) is 0 Å². The zero-order valence-corrected chi connectivity index (χ0v) is 11.0. The van der Waals surface area contributed by atoms with Gasteiger partial charge in [0.15, 0.2) is 0 Å². The van der Waals surface area contributed by atoms with Crippen LogP contribution in [0.3, 0.4) is 0 Å². The predicted octanol–water partition coefficient (Wildman–Crippen LogP) is 4.01. The molecule has 0 aliphatic carbocycles. The van der Waals surface area contributed by atoms with E-state index in [2.05, 4.69) is 10.3 Å². The number of benzene rings is 2. The Morgan fingerprint density at radius 1 is 1.05 bits per heavy atom. The summed E-state index contributed by atoms with van der Waals surface area (Å²) in [6.07, 6.45) is 3.40. The van der Waals surface area contributed by atoms with Crippen LogP contribution in [0.1, 0.15) is 5.56 Å². The summed E-state index contributed by atoms with van der Waals surface area (Å²) in [7, 11) is 0. The molecule has 0 amide bonds. The molecule has 100 valence electrons. The second-order valence-electron chi connectivity index (χ2n) is 4.73. The smallest absolute Gasteiger partial charge is 0.146 e. The number of nitrogen functional groups attached to an aromatic ring is 1. The van der Waals surface area contributed by atoms with Crippen molar-refractivity contribution in [1.82, 2.24) is 4.98 Å². The Labute approximate surface area is 116 Å². The third kappa shape index (κ3) is 2.16. The molecule has 0 radical (unpaired) electrons. The van der Waals surface area contributed by atoms with E-state index in [-0.39, 0.29) is 5.82 Å². The SMILES string of the molecule is Cc1ccc(F)c(Nc2ccc(N)c3cnccc23)c1. The average molecular weight is 267 g/mol. The molecule has 0 saturated heterocycles. The molecule has 4 heteroatoms. The van der Waals surface area contributed by atoms with Crippen molar-refractivity contribution in [2.75, 3.05) is 11.1 Å². The molecule has 2 aromatic carbocycles. The molecule has 3 rings (SSSR count). The molecule has 1 heterocycles. The second-order valence-corrected chi connectivity index (χ2v) is 4.73. The number of nitrogens with one attached hydrogen (secondary N) is 1. The Bertz CT molecular complexity index is 784. The fraction of sp³-hybridized carbons (Fsp3) is 0.0625. The van der Waals surface area contributed by atoms with Crippen molar-refractivity contribution in [3.05, 3.63) is 60.2 Å². The molecule has 3 nitrogen and oxygen atoms in total. The fourth-order valence-corrected chi connectivity index (χ4v) is 2.20. The van der Waals surface area contributed by atoms with Crippen molar-refractivity contribution in [3.8, 4) is 0 Å². The summed E-state index contributed by atoms with van der Waals surface area (Å²) in [5.74, 6) is -0.283. The highest BCUT2D eigenvalue weighted by molar-refractivity contribution is 6.01. The summed E-state index contributed by atoms with van der Waals surface area (Å²) in [6.45, 7) is 1.93. The van der Waals surface area contributed by atoms with Crippen LogP contribution in [0.5, 0.6) is 0 Å². The molecule has 0 spiro atoms. The number of fused-ring (bicyclic) bond motifs is 1. The number of hydrogen-bond acceptors (Lipinski definition) is 3. The van der Waals surface area contributed by atoms with Gasteiger partial charge < -0.3 is 11.1 Å². The molecule has 0 bridgehead atoms. The molecule has 0 saturated carbocycles. The lowest BCUT2D eigenvalue weighted by molar-refractivity contribution is 0.631. The summed E-state index contributed by atoms with van der Waals surface area (Å²) >= 11 is 0. The maximum atomic E-state index is 13.8. The van der Waals surface area contributed by atoms with Gasteiger partial charge in [-0.25, -0.2) is 4.39 Å². The quantitative estimate of drug-likeness (QED) is 0.690. The first-order valence-electron chi connectivity index (χ1n) is 6.30. The lowest BCUT2D eigenvalue weighted by Gasteiger charge is -2.12. The van der Waals surface area contributed by atoms with Crippen LogP contribution in [-0.4, -0.2) is 4.98 Å². The first-order valence-corrected chi connectivity index (χ1v) is 6.30. The highest BCUT2D eigenvalue weighted by atomic mass is 19.1. The third-order valence-electron chi connectivity index (χ3n) is 3.24. The van der Waals surface area contributed by atoms with E-state index in [1.54, 1.807) is 30.6 Å². The molecular formula is C16H14FN3. The van der Waals surface area contributed by atoms with Gasteiger partial charge >= 0.3 is 0 Å². The fourth-order valence-electron chi connectivity index (χ4n) is 2.20. The Kier molecular flexibility index (Phi) is 2.99. The van der Waals surface area contributed by atoms with Crippen molar-refractivity contribution < 1.29 is 4.39 Å². The Morgan fingerprint density at radius 2 is 1.90 bits per heavy atom. The van der Waals surface area contributed by atoms with E-state index in [9.17, 15) is 4.39 Å². The number of aromatic nitrogens is 1. The minimum atomic E-state index is -0.283. The van der Waals surface area contributed by atoms with Gasteiger partial charge in [-0.3, -0.25) is 4.98 Å². The predicted molar refractivity (Wildman–Crippen MR) is 80.6 cm³/mol. The Balaban J connectivity index is 2.11. The molecule has 0 fully saturated rings. The lowest BCUT2D eigenvalue weighted by Crippen LogP contribution is -1.97. The summed E-state index contributed by atoms with van der Waals surface area (Å²) in [5.41, 5.74) is 8.84. The van der Waals surface area contributed by atoms with Crippen LogP contribution in [0, 0.1) is 12.7 Å². The zero-order valence-electron chi connectivity index (χ0n) is 11.0. The van der Waals surface area contributed by atoms with Crippen molar-refractivity contribution in [2.45, 2.75) is 6.92 Å². The molecule has 3 N–H and O–H groups in total. The van der Waals surface area contributed by atoms with E-state index in [0.29, 0.717) is 11.4 Å². The Hall–Kier alpha value is -2.62. The van der Waals surface area contributed by atoms with Gasteiger partial charge in [-0.2, -0.15) is 0 Å². The molecule has 3 aromatic rings.